The van der Waals surface area contributed by atoms with Crippen LogP contribution >= 0.6 is 0 Å². The first-order chi connectivity index (χ1) is 10.5. The fourth-order valence-corrected chi connectivity index (χ4v) is 2.16. The fraction of sp³-hybridized carbons (Fsp3) is 0.667. The summed E-state index contributed by atoms with van der Waals surface area (Å²) >= 11 is 0. The quantitative estimate of drug-likeness (QED) is 0.333. The molecule has 0 saturated carbocycles. The van der Waals surface area contributed by atoms with Crippen LogP contribution in [0.5, 0.6) is 5.75 Å². The third-order valence-electron chi connectivity index (χ3n) is 4.92. The molecule has 7 heteroatoms. The molecule has 0 aliphatic carbocycles. The van der Waals surface area contributed by atoms with Gasteiger partial charge in [-0.25, -0.2) is 0 Å². The van der Waals surface area contributed by atoms with E-state index in [-0.39, 0.29) is 65.1 Å². The molecule has 0 bridgehead atoms. The zero-order valence-electron chi connectivity index (χ0n) is 18.7. The molecule has 0 aliphatic rings. The molecule has 0 unspecified atom stereocenters. The van der Waals surface area contributed by atoms with E-state index in [2.05, 4.69) is 47.6 Å². The standard InChI is InChI=1S/C21H36N2O.3ClH.Mn/c1-18(2,3)15-11-14(13-23-21(9,10)20(7,8)22)17(24)16(12-15)19(4,5)6;;;;/h11-13,24H,22H2,1-10H3;3*1H;/q;;;;+3/p-3. The number of phenolic OH excluding ortho intramolecular Hbond substituents is 1. The Labute approximate surface area is 201 Å². The van der Waals surface area contributed by atoms with Crippen molar-refractivity contribution in [1.82, 2.24) is 0 Å². The summed E-state index contributed by atoms with van der Waals surface area (Å²) in [5.41, 5.74) is 8.10. The van der Waals surface area contributed by atoms with Crippen molar-refractivity contribution in [1.29, 1.82) is 0 Å². The zero-order valence-corrected chi connectivity index (χ0v) is 22.2. The van der Waals surface area contributed by atoms with Crippen molar-refractivity contribution >= 4 is 6.21 Å². The van der Waals surface area contributed by atoms with E-state index in [0.29, 0.717) is 5.75 Å². The Morgan fingerprint density at radius 1 is 0.821 bits per heavy atom. The topological polar surface area (TPSA) is 58.6 Å². The summed E-state index contributed by atoms with van der Waals surface area (Å²) in [6.07, 6.45) is 1.77. The molecule has 0 atom stereocenters. The summed E-state index contributed by atoms with van der Waals surface area (Å²) < 4.78 is 0. The van der Waals surface area contributed by atoms with Gasteiger partial charge in [-0.15, -0.1) is 0 Å². The molecule has 0 aromatic heterocycles. The molecular weight excluding hydrogens is 458 g/mol. The number of phenols is 1. The predicted octanol–water partition coefficient (Wildman–Crippen LogP) is -4.07. The Balaban J connectivity index is -0.000000720. The van der Waals surface area contributed by atoms with Crippen molar-refractivity contribution in [3.05, 3.63) is 28.8 Å². The summed E-state index contributed by atoms with van der Waals surface area (Å²) in [7, 11) is 0. The van der Waals surface area contributed by atoms with Crippen LogP contribution in [0.2, 0.25) is 0 Å². The van der Waals surface area contributed by atoms with Crippen LogP contribution in [0.25, 0.3) is 0 Å². The second-order valence-corrected chi connectivity index (χ2v) is 10.0. The van der Waals surface area contributed by atoms with Crippen molar-refractivity contribution in [2.75, 3.05) is 0 Å². The van der Waals surface area contributed by atoms with Gasteiger partial charge >= 0.3 is 17.1 Å². The van der Waals surface area contributed by atoms with Crippen LogP contribution in [-0.4, -0.2) is 22.4 Å². The van der Waals surface area contributed by atoms with Crippen LogP contribution in [0.4, 0.5) is 0 Å². The van der Waals surface area contributed by atoms with Crippen molar-refractivity contribution in [3.63, 3.8) is 0 Å². The van der Waals surface area contributed by atoms with Gasteiger partial charge in [-0.2, -0.15) is 0 Å². The maximum absolute atomic E-state index is 10.8. The SMILES string of the molecule is CC(C)(C)c1cc(C=NC(C)(C)C(C)(C)N)c(O)c(C(C)(C)C)c1.[Cl-].[Cl-].[Cl-].[Mn+3]. The molecule has 164 valence electrons. The summed E-state index contributed by atoms with van der Waals surface area (Å²) in [4.78, 5) is 4.69. The first-order valence-corrected chi connectivity index (χ1v) is 8.69. The molecule has 0 radical (unpaired) electrons. The molecule has 1 rings (SSSR count). The Morgan fingerprint density at radius 2 is 1.25 bits per heavy atom. The number of nitrogens with zero attached hydrogens (tertiary/aromatic N) is 1. The minimum Gasteiger partial charge on any atom is -1.00 e. The van der Waals surface area contributed by atoms with Crippen molar-refractivity contribution in [2.24, 2.45) is 10.7 Å². The summed E-state index contributed by atoms with van der Waals surface area (Å²) in [5.74, 6) is 0.310. The minimum atomic E-state index is -0.451. The molecule has 0 saturated heterocycles. The number of benzene rings is 1. The van der Waals surface area contributed by atoms with Crippen LogP contribution in [-0.2, 0) is 27.9 Å². The average molecular weight is 494 g/mol. The van der Waals surface area contributed by atoms with E-state index in [1.165, 1.54) is 5.56 Å². The second-order valence-electron chi connectivity index (χ2n) is 10.0. The minimum absolute atomic E-state index is 0. The Morgan fingerprint density at radius 3 is 1.57 bits per heavy atom. The van der Waals surface area contributed by atoms with Gasteiger partial charge in [0.2, 0.25) is 0 Å². The molecule has 0 spiro atoms. The van der Waals surface area contributed by atoms with Gasteiger partial charge in [-0.1, -0.05) is 47.6 Å². The maximum Gasteiger partial charge on any atom is 3.00 e. The number of hydrogen-bond acceptors (Lipinski definition) is 3. The summed E-state index contributed by atoms with van der Waals surface area (Å²) in [6.45, 7) is 20.8. The van der Waals surface area contributed by atoms with E-state index in [4.69, 9.17) is 10.7 Å². The summed E-state index contributed by atoms with van der Waals surface area (Å²) in [6, 6.07) is 4.15. The molecule has 1 aromatic carbocycles. The van der Waals surface area contributed by atoms with Gasteiger partial charge < -0.3 is 48.1 Å². The van der Waals surface area contributed by atoms with Crippen LogP contribution in [0.15, 0.2) is 17.1 Å². The molecule has 0 aliphatic heterocycles. The Bertz CT molecular complexity index is 641. The first kappa shape index (κ1) is 35.5. The van der Waals surface area contributed by atoms with Gasteiger partial charge in [-0.3, -0.25) is 4.99 Å². The number of rotatable bonds is 3. The first-order valence-electron chi connectivity index (χ1n) is 8.69. The zero-order chi connectivity index (χ0) is 19.1. The summed E-state index contributed by atoms with van der Waals surface area (Å²) in [5, 5.41) is 10.8. The van der Waals surface area contributed by atoms with Crippen LogP contribution in [0.1, 0.15) is 85.9 Å². The smallest absolute Gasteiger partial charge is 1.00 e. The number of aliphatic imine (C=N–C) groups is 1. The van der Waals surface area contributed by atoms with E-state index < -0.39 is 11.1 Å². The largest absolute Gasteiger partial charge is 3.00 e. The van der Waals surface area contributed by atoms with Gasteiger partial charge in [-0.05, 0) is 50.2 Å². The third-order valence-corrected chi connectivity index (χ3v) is 4.92. The molecule has 3 N–H and O–H groups in total. The van der Waals surface area contributed by atoms with Crippen molar-refractivity contribution in [2.45, 2.75) is 91.1 Å². The number of aromatic hydroxyl groups is 1. The molecule has 0 heterocycles. The third kappa shape index (κ3) is 8.81. The normalized spacial score (nSPS) is 12.4. The van der Waals surface area contributed by atoms with Crippen molar-refractivity contribution < 1.29 is 59.4 Å². The number of hydrogen-bond donors (Lipinski definition) is 2. The van der Waals surface area contributed by atoms with Crippen LogP contribution in [0, 0.1) is 0 Å². The number of halogens is 3. The van der Waals surface area contributed by atoms with Gasteiger partial charge in [0.15, 0.2) is 0 Å². The van der Waals surface area contributed by atoms with Gasteiger partial charge in [0, 0.05) is 22.9 Å². The van der Waals surface area contributed by atoms with E-state index in [0.717, 1.165) is 11.1 Å². The molecule has 3 nitrogen and oxygen atoms in total. The molecule has 0 fully saturated rings. The Hall–Kier alpha value is 0.0395. The Kier molecular flexibility index (Phi) is 14.5. The average Bonchev–Trinajstić information content (AvgIpc) is 2.33. The van der Waals surface area contributed by atoms with Gasteiger partial charge in [0.1, 0.15) is 5.75 Å². The monoisotopic (exact) mass is 492 g/mol. The molecular formula is C21H36Cl3MnN2O. The van der Waals surface area contributed by atoms with Crippen molar-refractivity contribution in [3.8, 4) is 5.75 Å². The molecule has 28 heavy (non-hydrogen) atoms. The van der Waals surface area contributed by atoms with Gasteiger partial charge in [0.25, 0.3) is 0 Å². The maximum atomic E-state index is 10.8. The van der Waals surface area contributed by atoms with Crippen LogP contribution < -0.4 is 43.0 Å². The van der Waals surface area contributed by atoms with E-state index in [1.807, 2.05) is 33.8 Å². The van der Waals surface area contributed by atoms with E-state index in [9.17, 15) is 5.11 Å². The van der Waals surface area contributed by atoms with E-state index >= 15 is 0 Å². The van der Waals surface area contributed by atoms with Crippen LogP contribution in [0.3, 0.4) is 0 Å². The second kappa shape index (κ2) is 11.4. The molecule has 0 amide bonds. The number of nitrogens with two attached hydrogens (primary N) is 1. The van der Waals surface area contributed by atoms with Gasteiger partial charge in [0.05, 0.1) is 5.54 Å². The predicted molar refractivity (Wildman–Crippen MR) is 105 cm³/mol. The van der Waals surface area contributed by atoms with E-state index in [1.54, 1.807) is 6.21 Å². The molecule has 1 aromatic rings. The fourth-order valence-electron chi connectivity index (χ4n) is 2.16.